The number of methoxy groups -OCH3 is 1. The van der Waals surface area contributed by atoms with Gasteiger partial charge >= 0.3 is 5.97 Å². The number of carbonyl (C=O) groups is 1. The summed E-state index contributed by atoms with van der Waals surface area (Å²) in [6, 6.07) is 14.8. The van der Waals surface area contributed by atoms with Gasteiger partial charge in [0.15, 0.2) is 11.5 Å². The molecular formula is C31H46O4. The summed E-state index contributed by atoms with van der Waals surface area (Å²) in [7, 11) is 1.67. The molecule has 0 fully saturated rings. The summed E-state index contributed by atoms with van der Waals surface area (Å²) in [6.45, 7) is 6.43. The third-order valence-corrected chi connectivity index (χ3v) is 6.56. The van der Waals surface area contributed by atoms with Crippen LogP contribution in [0.25, 0.3) is 0 Å². The second-order valence-corrected chi connectivity index (χ2v) is 9.48. The number of hydrogen-bond donors (Lipinski definition) is 0. The van der Waals surface area contributed by atoms with Gasteiger partial charge in [-0.2, -0.15) is 0 Å². The minimum absolute atomic E-state index is 0.0181. The van der Waals surface area contributed by atoms with Crippen molar-refractivity contribution in [1.29, 1.82) is 0 Å². The Kier molecular flexibility index (Phi) is 14.2. The van der Waals surface area contributed by atoms with Gasteiger partial charge in [0.25, 0.3) is 0 Å². The second-order valence-electron chi connectivity index (χ2n) is 9.48. The van der Waals surface area contributed by atoms with Crippen LogP contribution in [0.4, 0.5) is 0 Å². The highest BCUT2D eigenvalue weighted by Crippen LogP contribution is 2.30. The molecule has 4 nitrogen and oxygen atoms in total. The Morgan fingerprint density at radius 3 is 1.94 bits per heavy atom. The van der Waals surface area contributed by atoms with E-state index in [0.29, 0.717) is 17.1 Å². The Morgan fingerprint density at radius 1 is 0.743 bits per heavy atom. The number of ether oxygens (including phenoxy) is 3. The summed E-state index contributed by atoms with van der Waals surface area (Å²) < 4.78 is 17.4. The Hall–Kier alpha value is -2.33. The molecule has 0 amide bonds. The zero-order valence-electron chi connectivity index (χ0n) is 22.4. The van der Waals surface area contributed by atoms with Crippen molar-refractivity contribution in [3.8, 4) is 11.5 Å². The highest BCUT2D eigenvalue weighted by atomic mass is 16.6. The third kappa shape index (κ3) is 10.9. The highest BCUT2D eigenvalue weighted by Gasteiger charge is 2.16. The van der Waals surface area contributed by atoms with E-state index in [0.717, 1.165) is 24.8 Å². The molecule has 0 aromatic heterocycles. The van der Waals surface area contributed by atoms with E-state index in [-0.39, 0.29) is 18.2 Å². The lowest BCUT2D eigenvalue weighted by Gasteiger charge is -2.20. The molecule has 2 atom stereocenters. The highest BCUT2D eigenvalue weighted by molar-refractivity contribution is 5.91. The molecule has 194 valence electrons. The van der Waals surface area contributed by atoms with E-state index in [1.54, 1.807) is 25.3 Å². The monoisotopic (exact) mass is 482 g/mol. The first-order valence-corrected chi connectivity index (χ1v) is 13.7. The minimum atomic E-state index is -0.386. The van der Waals surface area contributed by atoms with E-state index >= 15 is 0 Å². The van der Waals surface area contributed by atoms with Crippen LogP contribution >= 0.6 is 0 Å². The summed E-state index contributed by atoms with van der Waals surface area (Å²) in [4.78, 5) is 12.8. The van der Waals surface area contributed by atoms with Gasteiger partial charge in [0.1, 0.15) is 0 Å². The Balaban J connectivity index is 1.87. The molecule has 0 spiro atoms. The number of hydrogen-bond acceptors (Lipinski definition) is 4. The van der Waals surface area contributed by atoms with Gasteiger partial charge in [0.2, 0.25) is 0 Å². The maximum atomic E-state index is 12.8. The Bertz CT molecular complexity index is 830. The lowest BCUT2D eigenvalue weighted by molar-refractivity contribution is 0.0720. The molecule has 0 N–H and O–H groups in total. The van der Waals surface area contributed by atoms with Gasteiger partial charge in [-0.3, -0.25) is 0 Å². The molecule has 0 heterocycles. The van der Waals surface area contributed by atoms with E-state index in [1.165, 1.54) is 57.8 Å². The zero-order valence-corrected chi connectivity index (χ0v) is 22.4. The maximum absolute atomic E-state index is 12.8. The van der Waals surface area contributed by atoms with Crippen molar-refractivity contribution < 1.29 is 19.0 Å². The van der Waals surface area contributed by atoms with E-state index < -0.39 is 0 Å². The average Bonchev–Trinajstić information content (AvgIpc) is 2.88. The van der Waals surface area contributed by atoms with Crippen molar-refractivity contribution >= 4 is 5.97 Å². The molecule has 4 heteroatoms. The largest absolute Gasteiger partial charge is 0.487 e. The summed E-state index contributed by atoms with van der Waals surface area (Å²) in [5.74, 6) is 0.725. The fourth-order valence-electron chi connectivity index (χ4n) is 4.26. The van der Waals surface area contributed by atoms with E-state index in [2.05, 4.69) is 13.8 Å². The van der Waals surface area contributed by atoms with Gasteiger partial charge in [-0.1, -0.05) is 95.9 Å². The van der Waals surface area contributed by atoms with Crippen molar-refractivity contribution in [2.75, 3.05) is 7.11 Å². The van der Waals surface area contributed by atoms with Crippen molar-refractivity contribution in [2.24, 2.45) is 0 Å². The van der Waals surface area contributed by atoms with Crippen molar-refractivity contribution in [3.05, 3.63) is 59.7 Å². The molecule has 2 aromatic rings. The first kappa shape index (κ1) is 28.9. The first-order chi connectivity index (χ1) is 17.1. The predicted octanol–water partition coefficient (Wildman–Crippen LogP) is 9.08. The molecule has 0 aliphatic heterocycles. The molecule has 0 saturated heterocycles. The number of carbonyl (C=O) groups excluding carboxylic acids is 1. The molecular weight excluding hydrogens is 436 g/mol. The molecule has 2 aromatic carbocycles. The van der Waals surface area contributed by atoms with E-state index in [4.69, 9.17) is 14.2 Å². The zero-order chi connectivity index (χ0) is 25.3. The second kappa shape index (κ2) is 17.2. The van der Waals surface area contributed by atoms with Crippen LogP contribution in [0.5, 0.6) is 11.5 Å². The number of unbranched alkanes of at least 4 members (excludes halogenated alkanes) is 8. The summed E-state index contributed by atoms with van der Waals surface area (Å²) in [6.07, 6.45) is 15.1. The molecule has 0 aliphatic carbocycles. The van der Waals surface area contributed by atoms with Crippen LogP contribution in [0.15, 0.2) is 48.5 Å². The maximum Gasteiger partial charge on any atom is 0.343 e. The van der Waals surface area contributed by atoms with Gasteiger partial charge in [-0.25, -0.2) is 4.79 Å². The molecule has 2 rings (SSSR count). The number of benzene rings is 2. The van der Waals surface area contributed by atoms with Gasteiger partial charge in [0.05, 0.1) is 17.8 Å². The molecule has 2 unspecified atom stereocenters. The van der Waals surface area contributed by atoms with Crippen LogP contribution < -0.4 is 9.47 Å². The topological polar surface area (TPSA) is 44.8 Å². The van der Waals surface area contributed by atoms with Crippen LogP contribution in [0.1, 0.15) is 120 Å². The number of rotatable bonds is 18. The van der Waals surface area contributed by atoms with Crippen LogP contribution in [0.2, 0.25) is 0 Å². The minimum Gasteiger partial charge on any atom is -0.487 e. The number of para-hydroxylation sites is 2. The molecule has 0 aliphatic rings. The van der Waals surface area contributed by atoms with E-state index in [1.807, 2.05) is 37.3 Å². The first-order valence-electron chi connectivity index (χ1n) is 13.7. The predicted molar refractivity (Wildman–Crippen MR) is 144 cm³/mol. The fraction of sp³-hybridized carbons (Fsp3) is 0.581. The molecule has 0 saturated carbocycles. The van der Waals surface area contributed by atoms with E-state index in [9.17, 15) is 4.79 Å². The quantitative estimate of drug-likeness (QED) is 0.121. The van der Waals surface area contributed by atoms with Gasteiger partial charge < -0.3 is 14.2 Å². The Labute approximate surface area is 213 Å². The summed E-state index contributed by atoms with van der Waals surface area (Å²) >= 11 is 0. The number of esters is 1. The molecule has 35 heavy (non-hydrogen) atoms. The fourth-order valence-corrected chi connectivity index (χ4v) is 4.26. The van der Waals surface area contributed by atoms with Gasteiger partial charge in [-0.05, 0) is 56.0 Å². The summed E-state index contributed by atoms with van der Waals surface area (Å²) in [5.41, 5.74) is 1.53. The van der Waals surface area contributed by atoms with Gasteiger partial charge in [0, 0.05) is 7.11 Å². The Morgan fingerprint density at radius 2 is 1.34 bits per heavy atom. The van der Waals surface area contributed by atoms with Crippen LogP contribution in [0, 0.1) is 0 Å². The van der Waals surface area contributed by atoms with Crippen molar-refractivity contribution in [2.45, 2.75) is 110 Å². The smallest absolute Gasteiger partial charge is 0.343 e. The normalized spacial score (nSPS) is 12.8. The van der Waals surface area contributed by atoms with Crippen molar-refractivity contribution in [3.63, 3.8) is 0 Å². The lowest BCUT2D eigenvalue weighted by Crippen LogP contribution is -2.17. The summed E-state index contributed by atoms with van der Waals surface area (Å²) in [5, 5.41) is 0. The van der Waals surface area contributed by atoms with Crippen LogP contribution in [-0.2, 0) is 4.74 Å². The standard InChI is InChI=1S/C31H46O4/c1-5-7-8-9-10-11-12-13-14-18-28(17-6-2)34-29-19-15-16-20-30(29)35-31(32)27-23-21-26(22-24-27)25(3)33-4/h15-16,19-25,28H,5-14,17-18H2,1-4H3. The SMILES string of the molecule is CCCCCCCCCCCC(CCC)Oc1ccccc1OC(=O)c1ccc(C(C)OC)cc1. The van der Waals surface area contributed by atoms with Crippen LogP contribution in [-0.4, -0.2) is 19.2 Å². The van der Waals surface area contributed by atoms with Gasteiger partial charge in [-0.15, -0.1) is 0 Å². The van der Waals surface area contributed by atoms with Crippen molar-refractivity contribution in [1.82, 2.24) is 0 Å². The third-order valence-electron chi connectivity index (χ3n) is 6.56. The van der Waals surface area contributed by atoms with Crippen LogP contribution in [0.3, 0.4) is 0 Å². The lowest BCUT2D eigenvalue weighted by atomic mass is 10.0. The molecule has 0 radical (unpaired) electrons. The molecule has 0 bridgehead atoms. The average molecular weight is 483 g/mol.